The van der Waals surface area contributed by atoms with Gasteiger partial charge in [0.25, 0.3) is 0 Å². The molecule has 0 aliphatic heterocycles. The Kier molecular flexibility index (Phi) is 4.98. The van der Waals surface area contributed by atoms with Gasteiger partial charge in [0.2, 0.25) is 5.91 Å². The Balaban J connectivity index is 1.82. The third kappa shape index (κ3) is 3.48. The van der Waals surface area contributed by atoms with Crippen molar-refractivity contribution in [3.63, 3.8) is 0 Å². The number of anilines is 1. The largest absolute Gasteiger partial charge is 0.496 e. The molecule has 2 atom stereocenters. The van der Waals surface area contributed by atoms with E-state index >= 15 is 0 Å². The van der Waals surface area contributed by atoms with Crippen molar-refractivity contribution >= 4 is 22.5 Å². The van der Waals surface area contributed by atoms with Gasteiger partial charge < -0.3 is 10.1 Å². The number of amides is 1. The summed E-state index contributed by atoms with van der Waals surface area (Å²) in [7, 11) is 1.65. The fourth-order valence-electron chi connectivity index (χ4n) is 2.99. The average molecular weight is 334 g/mol. The van der Waals surface area contributed by atoms with Crippen molar-refractivity contribution in [2.75, 3.05) is 12.4 Å². The zero-order valence-electron chi connectivity index (χ0n) is 14.7. The molecule has 1 N–H and O–H groups in total. The Labute approximate surface area is 147 Å². The number of hydrogen-bond acceptors (Lipinski definition) is 3. The van der Waals surface area contributed by atoms with Crippen molar-refractivity contribution in [2.24, 2.45) is 5.92 Å². The van der Waals surface area contributed by atoms with Crippen molar-refractivity contribution in [3.05, 3.63) is 66.4 Å². The van der Waals surface area contributed by atoms with Gasteiger partial charge in [0.05, 0.1) is 18.3 Å². The first-order valence-electron chi connectivity index (χ1n) is 8.39. The minimum atomic E-state index is -0.213. The summed E-state index contributed by atoms with van der Waals surface area (Å²) in [6, 6.07) is 17.5. The smallest absolute Gasteiger partial charge is 0.227 e. The van der Waals surface area contributed by atoms with E-state index in [9.17, 15) is 4.79 Å². The van der Waals surface area contributed by atoms with Crippen LogP contribution in [0.25, 0.3) is 10.9 Å². The summed E-state index contributed by atoms with van der Waals surface area (Å²) in [5, 5.41) is 4.04. The Morgan fingerprint density at radius 3 is 2.60 bits per heavy atom. The summed E-state index contributed by atoms with van der Waals surface area (Å²) in [5.74, 6) is 0.590. The number of benzene rings is 2. The van der Waals surface area contributed by atoms with Crippen LogP contribution in [0, 0.1) is 5.92 Å². The SMILES string of the molecule is COc1ccccc1C(C)C(C)C(=O)Nc1cccc2cccnc12. The van der Waals surface area contributed by atoms with Gasteiger partial charge in [-0.3, -0.25) is 9.78 Å². The van der Waals surface area contributed by atoms with Crippen molar-refractivity contribution in [3.8, 4) is 5.75 Å². The molecule has 4 nitrogen and oxygen atoms in total. The lowest BCUT2D eigenvalue weighted by Crippen LogP contribution is -2.25. The molecule has 25 heavy (non-hydrogen) atoms. The Morgan fingerprint density at radius 2 is 1.80 bits per heavy atom. The van der Waals surface area contributed by atoms with Gasteiger partial charge in [-0.1, -0.05) is 50.2 Å². The minimum absolute atomic E-state index is 0.0269. The highest BCUT2D eigenvalue weighted by molar-refractivity contribution is 6.01. The van der Waals surface area contributed by atoms with Crippen LogP contribution < -0.4 is 10.1 Å². The lowest BCUT2D eigenvalue weighted by Gasteiger charge is -2.22. The van der Waals surface area contributed by atoms with Gasteiger partial charge in [-0.2, -0.15) is 0 Å². The number of carbonyl (C=O) groups is 1. The van der Waals surface area contributed by atoms with Gasteiger partial charge in [0.1, 0.15) is 5.75 Å². The van der Waals surface area contributed by atoms with Crippen LogP contribution in [0.15, 0.2) is 60.8 Å². The van der Waals surface area contributed by atoms with Crippen LogP contribution in [0.2, 0.25) is 0 Å². The number of ether oxygens (including phenoxy) is 1. The number of aromatic nitrogens is 1. The Bertz CT molecular complexity index is 886. The number of rotatable bonds is 5. The highest BCUT2D eigenvalue weighted by Gasteiger charge is 2.24. The maximum absolute atomic E-state index is 12.8. The quantitative estimate of drug-likeness (QED) is 0.740. The van der Waals surface area contributed by atoms with E-state index in [0.717, 1.165) is 27.9 Å². The molecule has 128 valence electrons. The molecule has 2 unspecified atom stereocenters. The molecule has 3 aromatic rings. The fourth-order valence-corrected chi connectivity index (χ4v) is 2.99. The molecule has 2 aromatic carbocycles. The van der Waals surface area contributed by atoms with Gasteiger partial charge in [0, 0.05) is 17.5 Å². The lowest BCUT2D eigenvalue weighted by atomic mass is 9.87. The van der Waals surface area contributed by atoms with E-state index in [1.54, 1.807) is 13.3 Å². The van der Waals surface area contributed by atoms with Crippen molar-refractivity contribution in [2.45, 2.75) is 19.8 Å². The standard InChI is InChI=1S/C21H22N2O2/c1-14(17-10-4-5-12-19(17)25-3)15(2)21(24)23-18-11-6-8-16-9-7-13-22-20(16)18/h4-15H,1-3H3,(H,23,24). The van der Waals surface area contributed by atoms with E-state index in [2.05, 4.69) is 10.3 Å². The monoisotopic (exact) mass is 334 g/mol. The van der Waals surface area contributed by atoms with Gasteiger partial charge in [-0.05, 0) is 29.7 Å². The summed E-state index contributed by atoms with van der Waals surface area (Å²) in [4.78, 5) is 17.2. The van der Waals surface area contributed by atoms with E-state index in [-0.39, 0.29) is 17.7 Å². The molecular weight excluding hydrogens is 312 g/mol. The maximum atomic E-state index is 12.8. The number of nitrogens with one attached hydrogen (secondary N) is 1. The zero-order valence-corrected chi connectivity index (χ0v) is 14.7. The highest BCUT2D eigenvalue weighted by atomic mass is 16.5. The van der Waals surface area contributed by atoms with Crippen LogP contribution in [0.4, 0.5) is 5.69 Å². The first-order chi connectivity index (χ1) is 12.1. The molecule has 0 aliphatic carbocycles. The number of carbonyl (C=O) groups excluding carboxylic acids is 1. The molecule has 0 spiro atoms. The van der Waals surface area contributed by atoms with Crippen LogP contribution in [-0.4, -0.2) is 18.0 Å². The summed E-state index contributed by atoms with van der Waals surface area (Å²) in [5.41, 5.74) is 2.57. The van der Waals surface area contributed by atoms with Crippen LogP contribution in [0.1, 0.15) is 25.3 Å². The molecular formula is C21H22N2O2. The van der Waals surface area contributed by atoms with E-state index < -0.39 is 0 Å². The predicted octanol–water partition coefficient (Wildman–Crippen LogP) is 4.62. The van der Waals surface area contributed by atoms with Crippen LogP contribution >= 0.6 is 0 Å². The number of para-hydroxylation sites is 2. The summed E-state index contributed by atoms with van der Waals surface area (Å²) in [6.45, 7) is 3.98. The highest BCUT2D eigenvalue weighted by Crippen LogP contribution is 2.32. The fraction of sp³-hybridized carbons (Fsp3) is 0.238. The second-order valence-corrected chi connectivity index (χ2v) is 6.19. The first-order valence-corrected chi connectivity index (χ1v) is 8.39. The number of pyridine rings is 1. The molecule has 0 saturated heterocycles. The molecule has 3 rings (SSSR count). The van der Waals surface area contributed by atoms with Gasteiger partial charge in [-0.25, -0.2) is 0 Å². The second-order valence-electron chi connectivity index (χ2n) is 6.19. The predicted molar refractivity (Wildman–Crippen MR) is 101 cm³/mol. The second kappa shape index (κ2) is 7.34. The third-order valence-electron chi connectivity index (χ3n) is 4.68. The average Bonchev–Trinajstić information content (AvgIpc) is 2.67. The van der Waals surface area contributed by atoms with Gasteiger partial charge in [0.15, 0.2) is 0 Å². The summed E-state index contributed by atoms with van der Waals surface area (Å²) in [6.07, 6.45) is 1.73. The van der Waals surface area contributed by atoms with Gasteiger partial charge in [-0.15, -0.1) is 0 Å². The number of hydrogen-bond donors (Lipinski definition) is 1. The van der Waals surface area contributed by atoms with E-state index in [1.165, 1.54) is 0 Å². The number of fused-ring (bicyclic) bond motifs is 1. The molecule has 0 radical (unpaired) electrons. The van der Waals surface area contributed by atoms with Gasteiger partial charge >= 0.3 is 0 Å². The first kappa shape index (κ1) is 17.0. The van der Waals surface area contributed by atoms with Crippen LogP contribution in [0.5, 0.6) is 5.75 Å². The summed E-state index contributed by atoms with van der Waals surface area (Å²) < 4.78 is 5.43. The molecule has 0 aliphatic rings. The third-order valence-corrected chi connectivity index (χ3v) is 4.68. The van der Waals surface area contributed by atoms with E-state index in [4.69, 9.17) is 4.74 Å². The van der Waals surface area contributed by atoms with Crippen molar-refractivity contribution < 1.29 is 9.53 Å². The topological polar surface area (TPSA) is 51.2 Å². The lowest BCUT2D eigenvalue weighted by molar-refractivity contribution is -0.119. The Morgan fingerprint density at radius 1 is 1.04 bits per heavy atom. The van der Waals surface area contributed by atoms with Crippen LogP contribution in [0.3, 0.4) is 0 Å². The molecule has 1 aromatic heterocycles. The maximum Gasteiger partial charge on any atom is 0.227 e. The molecule has 1 amide bonds. The molecule has 0 saturated carbocycles. The number of nitrogens with zero attached hydrogens (tertiary/aromatic N) is 1. The van der Waals surface area contributed by atoms with Crippen LogP contribution in [-0.2, 0) is 4.79 Å². The molecule has 1 heterocycles. The Hall–Kier alpha value is -2.88. The summed E-state index contributed by atoms with van der Waals surface area (Å²) >= 11 is 0. The minimum Gasteiger partial charge on any atom is -0.496 e. The zero-order chi connectivity index (χ0) is 17.8. The van der Waals surface area contributed by atoms with Crippen molar-refractivity contribution in [1.82, 2.24) is 4.98 Å². The molecule has 0 bridgehead atoms. The van der Waals surface area contributed by atoms with Crippen molar-refractivity contribution in [1.29, 1.82) is 0 Å². The molecule has 4 heteroatoms. The van der Waals surface area contributed by atoms with E-state index in [1.807, 2.05) is 68.4 Å². The normalized spacial score (nSPS) is 13.2. The number of methoxy groups -OCH3 is 1. The van der Waals surface area contributed by atoms with E-state index in [0.29, 0.717) is 0 Å². The molecule has 0 fully saturated rings.